The number of methoxy groups -OCH3 is 3. The van der Waals surface area contributed by atoms with Crippen LogP contribution < -0.4 is 9.92 Å². The first-order valence-electron chi connectivity index (χ1n) is 9.44. The maximum Gasteiger partial charge on any atom is 0.377 e. The molecule has 1 aromatic rings. The topological polar surface area (TPSA) is 63.2 Å². The number of carbonyl (C=O) groups excluding carboxylic acids is 1. The van der Waals surface area contributed by atoms with Crippen LogP contribution in [0.25, 0.3) is 5.76 Å². The number of ether oxygens (including phenoxy) is 4. The van der Waals surface area contributed by atoms with Crippen LogP contribution in [0.1, 0.15) is 25.8 Å². The summed E-state index contributed by atoms with van der Waals surface area (Å²) in [6.07, 6.45) is 0.781. The molecule has 0 aliphatic carbocycles. The highest BCUT2D eigenvalue weighted by molar-refractivity contribution is 6.76. The van der Waals surface area contributed by atoms with Crippen molar-refractivity contribution in [2.45, 2.75) is 39.9 Å². The molecule has 1 aromatic carbocycles. The number of esters is 1. The lowest BCUT2D eigenvalue weighted by atomic mass is 10.1. The van der Waals surface area contributed by atoms with Crippen LogP contribution in [0.15, 0.2) is 24.0 Å². The Bertz CT molecular complexity index is 680. The van der Waals surface area contributed by atoms with Crippen molar-refractivity contribution in [3.63, 3.8) is 0 Å². The maximum absolute atomic E-state index is 12.5. The summed E-state index contributed by atoms with van der Waals surface area (Å²) in [5.41, 5.74) is 0.645. The zero-order valence-corrected chi connectivity index (χ0v) is 20.8. The van der Waals surface area contributed by atoms with Crippen LogP contribution in [-0.4, -0.2) is 52.0 Å². The molecule has 0 saturated carbocycles. The molecule has 0 bridgehead atoms. The van der Waals surface area contributed by atoms with Gasteiger partial charge in [-0.05, 0) is 38.0 Å². The molecule has 0 atom stereocenters. The van der Waals surface area contributed by atoms with Crippen molar-refractivity contribution >= 4 is 35.0 Å². The van der Waals surface area contributed by atoms with Gasteiger partial charge in [-0.2, -0.15) is 0 Å². The van der Waals surface area contributed by atoms with Gasteiger partial charge in [-0.1, -0.05) is 26.0 Å². The smallest absolute Gasteiger partial charge is 0.377 e. The van der Waals surface area contributed by atoms with Gasteiger partial charge in [-0.15, -0.1) is 0 Å². The number of para-hydroxylation sites is 1. The Morgan fingerprint density at radius 3 is 2.29 bits per heavy atom. The van der Waals surface area contributed by atoms with Crippen LogP contribution in [0.3, 0.4) is 0 Å². The fraction of sp³-hybridized carbons (Fsp3) is 0.550. The molecule has 0 fully saturated rings. The highest BCUT2D eigenvalue weighted by Crippen LogP contribution is 2.28. The SMILES string of the molecule is COC(C(=O)OCCC(C)C)=C(OC)c1cccc([SiH2]O[Si](C)(C)C)c1OC. The predicted octanol–water partition coefficient (Wildman–Crippen LogP) is 2.81. The summed E-state index contributed by atoms with van der Waals surface area (Å²) >= 11 is 0. The molecule has 0 aromatic heterocycles. The molecule has 28 heavy (non-hydrogen) atoms. The van der Waals surface area contributed by atoms with Gasteiger partial charge in [0.2, 0.25) is 5.76 Å². The Balaban J connectivity index is 3.26. The molecule has 8 heteroatoms. The van der Waals surface area contributed by atoms with E-state index in [4.69, 9.17) is 23.1 Å². The monoisotopic (exact) mass is 426 g/mol. The molecular formula is C20H34O6Si2. The van der Waals surface area contributed by atoms with Gasteiger partial charge in [-0.25, -0.2) is 4.79 Å². The average Bonchev–Trinajstić information content (AvgIpc) is 2.62. The normalized spacial score (nSPS) is 12.9. The standard InChI is InChI=1S/C20H34O6Si2/c1-14(2)12-13-25-20(21)19(24-5)18(23-4)15-10-9-11-16(17(15)22-3)27-26-28(6,7)8/h9-11,14H,12-13,27H2,1-8H3. The maximum atomic E-state index is 12.5. The molecule has 6 nitrogen and oxygen atoms in total. The molecule has 0 heterocycles. The highest BCUT2D eigenvalue weighted by Gasteiger charge is 2.25. The molecule has 1 rings (SSSR count). The van der Waals surface area contributed by atoms with Crippen LogP contribution >= 0.6 is 0 Å². The summed E-state index contributed by atoms with van der Waals surface area (Å²) in [7, 11) is 1.91. The number of benzene rings is 1. The lowest BCUT2D eigenvalue weighted by Gasteiger charge is -2.21. The predicted molar refractivity (Wildman–Crippen MR) is 117 cm³/mol. The fourth-order valence-corrected chi connectivity index (χ4v) is 5.51. The molecule has 0 aliphatic rings. The van der Waals surface area contributed by atoms with Crippen LogP contribution in [0, 0.1) is 5.92 Å². The van der Waals surface area contributed by atoms with E-state index in [-0.39, 0.29) is 11.5 Å². The second-order valence-electron chi connectivity index (χ2n) is 7.78. The summed E-state index contributed by atoms with van der Waals surface area (Å²) < 4.78 is 28.0. The third-order valence-electron chi connectivity index (χ3n) is 3.93. The van der Waals surface area contributed by atoms with E-state index in [1.807, 2.05) is 18.2 Å². The molecule has 0 amide bonds. The Hall–Kier alpha value is -1.78. The van der Waals surface area contributed by atoms with Gasteiger partial charge in [0.15, 0.2) is 23.8 Å². The number of hydrogen-bond donors (Lipinski definition) is 0. The lowest BCUT2D eigenvalue weighted by Crippen LogP contribution is -2.33. The Morgan fingerprint density at radius 2 is 1.79 bits per heavy atom. The van der Waals surface area contributed by atoms with Crippen molar-refractivity contribution in [3.05, 3.63) is 29.5 Å². The van der Waals surface area contributed by atoms with Gasteiger partial charge in [0.25, 0.3) is 0 Å². The van der Waals surface area contributed by atoms with E-state index in [0.717, 1.165) is 11.6 Å². The minimum absolute atomic E-state index is 0.0227. The third-order valence-corrected chi connectivity index (χ3v) is 8.84. The summed E-state index contributed by atoms with van der Waals surface area (Å²) in [4.78, 5) is 12.5. The Kier molecular flexibility index (Phi) is 9.77. The van der Waals surface area contributed by atoms with Crippen LogP contribution in [0.4, 0.5) is 0 Å². The van der Waals surface area contributed by atoms with E-state index < -0.39 is 24.0 Å². The summed E-state index contributed by atoms with van der Waals surface area (Å²) in [5, 5.41) is 1.01. The molecule has 0 saturated heterocycles. The van der Waals surface area contributed by atoms with Crippen LogP contribution in [0.5, 0.6) is 5.75 Å². The summed E-state index contributed by atoms with van der Waals surface area (Å²) in [5.74, 6) is 0.849. The molecule has 0 aliphatic heterocycles. The van der Waals surface area contributed by atoms with Gasteiger partial charge in [0.1, 0.15) is 5.75 Å². The van der Waals surface area contributed by atoms with Crippen LogP contribution in [-0.2, 0) is 23.1 Å². The van der Waals surface area contributed by atoms with Crippen molar-refractivity contribution < 1.29 is 27.9 Å². The van der Waals surface area contributed by atoms with Gasteiger partial charge >= 0.3 is 5.97 Å². The first-order chi connectivity index (χ1) is 13.1. The van der Waals surface area contributed by atoms with Crippen molar-refractivity contribution in [1.29, 1.82) is 0 Å². The molecule has 0 N–H and O–H groups in total. The van der Waals surface area contributed by atoms with E-state index in [2.05, 4.69) is 33.5 Å². The number of rotatable bonds is 11. The van der Waals surface area contributed by atoms with E-state index in [1.165, 1.54) is 14.2 Å². The average molecular weight is 427 g/mol. The molecule has 0 spiro atoms. The van der Waals surface area contributed by atoms with Gasteiger partial charge in [-0.3, -0.25) is 0 Å². The zero-order chi connectivity index (χ0) is 21.3. The Morgan fingerprint density at radius 1 is 1.11 bits per heavy atom. The zero-order valence-electron chi connectivity index (χ0n) is 18.4. The van der Waals surface area contributed by atoms with Crippen LogP contribution in [0.2, 0.25) is 19.6 Å². The van der Waals surface area contributed by atoms with E-state index in [0.29, 0.717) is 23.8 Å². The largest absolute Gasteiger partial charge is 0.496 e. The first kappa shape index (κ1) is 24.3. The van der Waals surface area contributed by atoms with E-state index >= 15 is 0 Å². The Labute approximate surface area is 172 Å². The lowest BCUT2D eigenvalue weighted by molar-refractivity contribution is -0.142. The second kappa shape index (κ2) is 11.3. The number of hydrogen-bond acceptors (Lipinski definition) is 6. The third kappa shape index (κ3) is 7.33. The van der Waals surface area contributed by atoms with Crippen molar-refractivity contribution in [2.75, 3.05) is 27.9 Å². The quantitative estimate of drug-likeness (QED) is 0.235. The fourth-order valence-electron chi connectivity index (χ4n) is 2.46. The van der Waals surface area contributed by atoms with E-state index in [1.54, 1.807) is 7.11 Å². The second-order valence-corrected chi connectivity index (χ2v) is 14.2. The molecule has 0 radical (unpaired) electrons. The molecule has 0 unspecified atom stereocenters. The number of carbonyl (C=O) groups is 1. The summed E-state index contributed by atoms with van der Waals surface area (Å²) in [6.45, 7) is 11.0. The van der Waals surface area contributed by atoms with Gasteiger partial charge in [0.05, 0.1) is 33.5 Å². The van der Waals surface area contributed by atoms with Crippen molar-refractivity contribution in [3.8, 4) is 5.75 Å². The minimum Gasteiger partial charge on any atom is -0.496 e. The highest BCUT2D eigenvalue weighted by atomic mass is 28.4. The minimum atomic E-state index is -1.64. The molecule has 158 valence electrons. The van der Waals surface area contributed by atoms with Crippen molar-refractivity contribution in [1.82, 2.24) is 0 Å². The summed E-state index contributed by atoms with van der Waals surface area (Å²) in [6, 6.07) is 5.74. The van der Waals surface area contributed by atoms with Gasteiger partial charge < -0.3 is 23.1 Å². The van der Waals surface area contributed by atoms with E-state index in [9.17, 15) is 4.79 Å². The first-order valence-corrected chi connectivity index (χ1v) is 14.1. The van der Waals surface area contributed by atoms with Gasteiger partial charge in [0, 0.05) is 5.19 Å². The van der Waals surface area contributed by atoms with Crippen molar-refractivity contribution in [2.24, 2.45) is 5.92 Å². The molecular weight excluding hydrogens is 392 g/mol.